The van der Waals surface area contributed by atoms with Crippen molar-refractivity contribution in [3.05, 3.63) is 35.9 Å². The minimum absolute atomic E-state index is 0.666. The van der Waals surface area contributed by atoms with Gasteiger partial charge in [-0.3, -0.25) is 0 Å². The third kappa shape index (κ3) is 3.45. The van der Waals surface area contributed by atoms with Crippen LogP contribution in [0.5, 0.6) is 5.75 Å². The molecule has 0 spiro atoms. The average Bonchev–Trinajstić information content (AvgIpc) is 2.48. The Balaban J connectivity index is 2.19. The lowest BCUT2D eigenvalue weighted by Gasteiger charge is -2.09. The zero-order chi connectivity index (χ0) is 14.4. The molecule has 1 aromatic carbocycles. The smallest absolute Gasteiger partial charge is 0.148 e. The molecule has 2 aromatic rings. The van der Waals surface area contributed by atoms with E-state index in [4.69, 9.17) is 10.5 Å². The van der Waals surface area contributed by atoms with E-state index in [1.165, 1.54) is 0 Å². The molecule has 0 aliphatic rings. The van der Waals surface area contributed by atoms with Gasteiger partial charge in [0.1, 0.15) is 11.6 Å². The van der Waals surface area contributed by atoms with Gasteiger partial charge >= 0.3 is 0 Å². The highest BCUT2D eigenvalue weighted by Gasteiger charge is 2.08. The summed E-state index contributed by atoms with van der Waals surface area (Å²) in [7, 11) is 1.66. The number of nitrogens with one attached hydrogen (secondary N) is 1. The molecule has 0 saturated carbocycles. The first-order valence-electron chi connectivity index (χ1n) is 6.67. The Labute approximate surface area is 119 Å². The molecule has 0 bridgehead atoms. The van der Waals surface area contributed by atoms with Gasteiger partial charge in [-0.25, -0.2) is 0 Å². The van der Waals surface area contributed by atoms with Crippen LogP contribution in [0.25, 0.3) is 11.3 Å². The molecular formula is C15H20N4O. The van der Waals surface area contributed by atoms with E-state index >= 15 is 0 Å². The first kappa shape index (κ1) is 14.3. The molecule has 20 heavy (non-hydrogen) atoms. The summed E-state index contributed by atoms with van der Waals surface area (Å²) >= 11 is 0. The number of hydrogen-bond acceptors (Lipinski definition) is 5. The van der Waals surface area contributed by atoms with Crippen LogP contribution in [0.3, 0.4) is 0 Å². The highest BCUT2D eigenvalue weighted by atomic mass is 16.5. The van der Waals surface area contributed by atoms with Gasteiger partial charge < -0.3 is 15.8 Å². The summed E-state index contributed by atoms with van der Waals surface area (Å²) in [5.41, 5.74) is 8.36. The number of methoxy groups -OCH3 is 1. The Morgan fingerprint density at radius 1 is 1.20 bits per heavy atom. The second kappa shape index (κ2) is 6.86. The third-order valence-corrected chi connectivity index (χ3v) is 2.98. The minimum atomic E-state index is 0.666. The number of anilines is 1. The molecule has 3 N–H and O–H groups in total. The molecule has 1 aromatic heterocycles. The SMILES string of the molecule is COc1ccc(C)cc1-c1ccc(NCCCN)nn1. The number of aryl methyl sites for hydroxylation is 1. The van der Waals surface area contributed by atoms with Gasteiger partial charge in [-0.2, -0.15) is 0 Å². The van der Waals surface area contributed by atoms with Crippen LogP contribution < -0.4 is 15.8 Å². The molecule has 0 atom stereocenters. The normalized spacial score (nSPS) is 10.3. The molecule has 106 valence electrons. The number of benzene rings is 1. The summed E-state index contributed by atoms with van der Waals surface area (Å²) < 4.78 is 5.37. The van der Waals surface area contributed by atoms with Crippen molar-refractivity contribution in [1.29, 1.82) is 0 Å². The predicted molar refractivity (Wildman–Crippen MR) is 80.9 cm³/mol. The summed E-state index contributed by atoms with van der Waals surface area (Å²) in [4.78, 5) is 0. The maximum atomic E-state index is 5.45. The van der Waals surface area contributed by atoms with E-state index in [1.54, 1.807) is 7.11 Å². The summed E-state index contributed by atoms with van der Waals surface area (Å²) in [6.07, 6.45) is 0.912. The number of nitrogens with zero attached hydrogens (tertiary/aromatic N) is 2. The third-order valence-electron chi connectivity index (χ3n) is 2.98. The molecule has 0 radical (unpaired) electrons. The molecule has 0 saturated heterocycles. The van der Waals surface area contributed by atoms with Gasteiger partial charge in [0.2, 0.25) is 0 Å². The van der Waals surface area contributed by atoms with Crippen LogP contribution in [0.15, 0.2) is 30.3 Å². The van der Waals surface area contributed by atoms with Crippen LogP contribution in [0.1, 0.15) is 12.0 Å². The summed E-state index contributed by atoms with van der Waals surface area (Å²) in [6.45, 7) is 3.51. The fourth-order valence-corrected chi connectivity index (χ4v) is 1.91. The van der Waals surface area contributed by atoms with E-state index < -0.39 is 0 Å². The lowest BCUT2D eigenvalue weighted by atomic mass is 10.1. The van der Waals surface area contributed by atoms with E-state index in [2.05, 4.69) is 15.5 Å². The molecular weight excluding hydrogens is 252 g/mol. The zero-order valence-electron chi connectivity index (χ0n) is 11.9. The standard InChI is InChI=1S/C15H20N4O/c1-11-4-6-14(20-2)12(10-11)13-5-7-15(19-18-13)17-9-3-8-16/h4-7,10H,3,8-9,16H2,1-2H3,(H,17,19). The van der Waals surface area contributed by atoms with Crippen molar-refractivity contribution < 1.29 is 4.74 Å². The summed E-state index contributed by atoms with van der Waals surface area (Å²) in [5, 5.41) is 11.6. The van der Waals surface area contributed by atoms with Crippen LogP contribution in [0.2, 0.25) is 0 Å². The van der Waals surface area contributed by atoms with Crippen molar-refractivity contribution in [1.82, 2.24) is 10.2 Å². The van der Waals surface area contributed by atoms with Gasteiger partial charge in [-0.1, -0.05) is 11.6 Å². The van der Waals surface area contributed by atoms with Crippen LogP contribution >= 0.6 is 0 Å². The van der Waals surface area contributed by atoms with Crippen molar-refractivity contribution >= 4 is 5.82 Å². The molecule has 0 fully saturated rings. The van der Waals surface area contributed by atoms with E-state index in [0.717, 1.165) is 41.4 Å². The molecule has 5 nitrogen and oxygen atoms in total. The first-order chi connectivity index (χ1) is 9.74. The lowest BCUT2D eigenvalue weighted by molar-refractivity contribution is 0.416. The van der Waals surface area contributed by atoms with Crippen molar-refractivity contribution in [3.8, 4) is 17.0 Å². The van der Waals surface area contributed by atoms with E-state index in [-0.39, 0.29) is 0 Å². The Morgan fingerprint density at radius 3 is 2.70 bits per heavy atom. The number of aromatic nitrogens is 2. The Morgan fingerprint density at radius 2 is 2.05 bits per heavy atom. The van der Waals surface area contributed by atoms with Gasteiger partial charge in [0.25, 0.3) is 0 Å². The maximum Gasteiger partial charge on any atom is 0.148 e. The van der Waals surface area contributed by atoms with Crippen LogP contribution in [0.4, 0.5) is 5.82 Å². The lowest BCUT2D eigenvalue weighted by Crippen LogP contribution is -2.09. The Bertz CT molecular complexity index is 554. The van der Waals surface area contributed by atoms with E-state index in [0.29, 0.717) is 6.54 Å². The van der Waals surface area contributed by atoms with E-state index in [9.17, 15) is 0 Å². The molecule has 0 unspecified atom stereocenters. The number of rotatable bonds is 6. The number of hydrogen-bond donors (Lipinski definition) is 2. The van der Waals surface area contributed by atoms with Crippen molar-refractivity contribution in [2.24, 2.45) is 5.73 Å². The fraction of sp³-hybridized carbons (Fsp3) is 0.333. The molecule has 5 heteroatoms. The van der Waals surface area contributed by atoms with Crippen molar-refractivity contribution in [2.75, 3.05) is 25.5 Å². The second-order valence-electron chi connectivity index (χ2n) is 4.58. The Hall–Kier alpha value is -2.14. The van der Waals surface area contributed by atoms with Crippen LogP contribution in [-0.4, -0.2) is 30.4 Å². The summed E-state index contributed by atoms with van der Waals surface area (Å²) in [5.74, 6) is 1.56. The first-order valence-corrected chi connectivity index (χ1v) is 6.67. The molecule has 0 aliphatic carbocycles. The second-order valence-corrected chi connectivity index (χ2v) is 4.58. The monoisotopic (exact) mass is 272 g/mol. The largest absolute Gasteiger partial charge is 0.496 e. The minimum Gasteiger partial charge on any atom is -0.496 e. The molecule has 2 rings (SSSR count). The quantitative estimate of drug-likeness (QED) is 0.789. The van der Waals surface area contributed by atoms with Gasteiger partial charge in [0.05, 0.1) is 12.8 Å². The van der Waals surface area contributed by atoms with Crippen LogP contribution in [0, 0.1) is 6.92 Å². The maximum absolute atomic E-state index is 5.45. The molecule has 0 amide bonds. The van der Waals surface area contributed by atoms with Gasteiger partial charge in [0, 0.05) is 12.1 Å². The fourth-order valence-electron chi connectivity index (χ4n) is 1.91. The van der Waals surface area contributed by atoms with Gasteiger partial charge in [0.15, 0.2) is 0 Å². The van der Waals surface area contributed by atoms with E-state index in [1.807, 2.05) is 37.3 Å². The number of ether oxygens (including phenoxy) is 1. The van der Waals surface area contributed by atoms with Crippen LogP contribution in [-0.2, 0) is 0 Å². The average molecular weight is 272 g/mol. The number of nitrogens with two attached hydrogens (primary N) is 1. The topological polar surface area (TPSA) is 73.1 Å². The highest BCUT2D eigenvalue weighted by Crippen LogP contribution is 2.29. The molecule has 0 aliphatic heterocycles. The van der Waals surface area contributed by atoms with Crippen molar-refractivity contribution in [3.63, 3.8) is 0 Å². The van der Waals surface area contributed by atoms with Gasteiger partial charge in [-0.15, -0.1) is 10.2 Å². The Kier molecular flexibility index (Phi) is 4.90. The highest BCUT2D eigenvalue weighted by molar-refractivity contribution is 5.68. The van der Waals surface area contributed by atoms with Crippen molar-refractivity contribution in [2.45, 2.75) is 13.3 Å². The van der Waals surface area contributed by atoms with Gasteiger partial charge in [-0.05, 0) is 44.2 Å². The zero-order valence-corrected chi connectivity index (χ0v) is 11.9. The summed E-state index contributed by atoms with van der Waals surface area (Å²) in [6, 6.07) is 9.86. The molecule has 1 heterocycles. The predicted octanol–water partition coefficient (Wildman–Crippen LogP) is 2.22.